The van der Waals surface area contributed by atoms with Crippen LogP contribution in [0.2, 0.25) is 0 Å². The van der Waals surface area contributed by atoms with Crippen LogP contribution in [0, 0.1) is 17.3 Å². The third-order valence-electron chi connectivity index (χ3n) is 6.74. The van der Waals surface area contributed by atoms with Crippen LogP contribution in [0.3, 0.4) is 0 Å². The molecular formula is C23H30BrF3N2O2. The molecule has 1 aliphatic carbocycles. The molecule has 1 unspecified atom stereocenters. The Hall–Kier alpha value is -1.41. The van der Waals surface area contributed by atoms with E-state index in [0.29, 0.717) is 12.5 Å². The summed E-state index contributed by atoms with van der Waals surface area (Å²) >= 11 is 3.42. The highest BCUT2D eigenvalue weighted by atomic mass is 79.9. The second kappa shape index (κ2) is 10.0. The summed E-state index contributed by atoms with van der Waals surface area (Å²) < 4.78 is 39.9. The topological polar surface area (TPSA) is 49.4 Å². The Balaban J connectivity index is 1.40. The number of ketones is 1. The van der Waals surface area contributed by atoms with Crippen molar-refractivity contribution in [1.29, 1.82) is 0 Å². The smallest absolute Gasteiger partial charge is 0.354 e. The zero-order valence-electron chi connectivity index (χ0n) is 17.8. The first-order valence-electron chi connectivity index (χ1n) is 11.0. The minimum absolute atomic E-state index is 0.00207. The molecule has 1 aromatic carbocycles. The van der Waals surface area contributed by atoms with Crippen molar-refractivity contribution in [2.24, 2.45) is 17.3 Å². The number of Topliss-reactive ketones (excluding diaryl/α,β-unsaturated/α-hetero) is 1. The van der Waals surface area contributed by atoms with Gasteiger partial charge in [-0.25, -0.2) is 0 Å². The molecule has 1 amide bonds. The molecule has 172 valence electrons. The van der Waals surface area contributed by atoms with Crippen LogP contribution >= 0.6 is 15.9 Å². The summed E-state index contributed by atoms with van der Waals surface area (Å²) in [7, 11) is 0. The Labute approximate surface area is 190 Å². The van der Waals surface area contributed by atoms with E-state index in [2.05, 4.69) is 26.1 Å². The number of halogens is 4. The second-order valence-electron chi connectivity index (χ2n) is 8.84. The highest BCUT2D eigenvalue weighted by Crippen LogP contribution is 2.57. The van der Waals surface area contributed by atoms with E-state index in [1.807, 2.05) is 31.2 Å². The van der Waals surface area contributed by atoms with Gasteiger partial charge >= 0.3 is 6.18 Å². The fourth-order valence-electron chi connectivity index (χ4n) is 4.45. The van der Waals surface area contributed by atoms with Gasteiger partial charge in [-0.05, 0) is 69.7 Å². The van der Waals surface area contributed by atoms with E-state index in [9.17, 15) is 22.8 Å². The van der Waals surface area contributed by atoms with Crippen LogP contribution in [0.1, 0.15) is 55.8 Å². The van der Waals surface area contributed by atoms with Crippen molar-refractivity contribution in [2.75, 3.05) is 26.2 Å². The number of hydrogen-bond donors (Lipinski definition) is 1. The van der Waals surface area contributed by atoms with E-state index < -0.39 is 17.5 Å². The lowest BCUT2D eigenvalue weighted by atomic mass is 9.82. The molecule has 31 heavy (non-hydrogen) atoms. The van der Waals surface area contributed by atoms with Gasteiger partial charge in [0, 0.05) is 29.0 Å². The van der Waals surface area contributed by atoms with Gasteiger partial charge < -0.3 is 10.2 Å². The summed E-state index contributed by atoms with van der Waals surface area (Å²) in [6.07, 6.45) is -1.08. The van der Waals surface area contributed by atoms with Gasteiger partial charge in [0.1, 0.15) is 5.41 Å². The first-order chi connectivity index (χ1) is 14.7. The van der Waals surface area contributed by atoms with Crippen LogP contribution in [-0.4, -0.2) is 48.9 Å². The van der Waals surface area contributed by atoms with Gasteiger partial charge in [-0.1, -0.05) is 35.0 Å². The third-order valence-corrected chi connectivity index (χ3v) is 7.23. The molecule has 4 nitrogen and oxygen atoms in total. The van der Waals surface area contributed by atoms with Crippen molar-refractivity contribution in [3.05, 3.63) is 34.3 Å². The van der Waals surface area contributed by atoms with Gasteiger partial charge in [0.2, 0.25) is 5.91 Å². The van der Waals surface area contributed by atoms with E-state index in [1.165, 1.54) is 0 Å². The first-order valence-corrected chi connectivity index (χ1v) is 11.8. The second-order valence-corrected chi connectivity index (χ2v) is 9.75. The van der Waals surface area contributed by atoms with Crippen LogP contribution in [0.5, 0.6) is 0 Å². The minimum Gasteiger partial charge on any atom is -0.354 e. The maximum Gasteiger partial charge on any atom is 0.403 e. The Morgan fingerprint density at radius 2 is 1.94 bits per heavy atom. The standard InChI is InChI=1S/C23H30BrF3N2O2/c1-2-17(20(30)18-4-3-5-19(24)15-18)14-16-6-11-29(12-7-16)13-10-28-21(31)22(8-9-22)23(25,26)27/h3-5,15-17H,2,6-14H2,1H3,(H,28,31). The number of carbonyl (C=O) groups is 2. The van der Waals surface area contributed by atoms with Gasteiger partial charge in [0.25, 0.3) is 0 Å². The number of nitrogens with zero attached hydrogens (tertiary/aromatic N) is 1. The summed E-state index contributed by atoms with van der Waals surface area (Å²) in [5.41, 5.74) is -1.41. The zero-order valence-corrected chi connectivity index (χ0v) is 19.4. The first kappa shape index (κ1) is 24.2. The van der Waals surface area contributed by atoms with Crippen LogP contribution < -0.4 is 5.32 Å². The molecular weight excluding hydrogens is 473 g/mol. The lowest BCUT2D eigenvalue weighted by Crippen LogP contribution is -2.45. The molecule has 1 heterocycles. The molecule has 2 fully saturated rings. The van der Waals surface area contributed by atoms with Crippen molar-refractivity contribution in [2.45, 2.75) is 51.6 Å². The van der Waals surface area contributed by atoms with Gasteiger partial charge in [-0.3, -0.25) is 9.59 Å². The Morgan fingerprint density at radius 3 is 2.48 bits per heavy atom. The number of hydrogen-bond acceptors (Lipinski definition) is 3. The lowest BCUT2D eigenvalue weighted by Gasteiger charge is -2.33. The summed E-state index contributed by atoms with van der Waals surface area (Å²) in [5, 5.41) is 2.48. The molecule has 0 aromatic heterocycles. The third kappa shape index (κ3) is 5.89. The number of piperidine rings is 1. The monoisotopic (exact) mass is 502 g/mol. The normalized spacial score (nSPS) is 20.3. The number of benzene rings is 1. The van der Waals surface area contributed by atoms with Gasteiger partial charge in [0.05, 0.1) is 0 Å². The van der Waals surface area contributed by atoms with E-state index in [4.69, 9.17) is 0 Å². The highest BCUT2D eigenvalue weighted by Gasteiger charge is 2.68. The van der Waals surface area contributed by atoms with Crippen molar-refractivity contribution >= 4 is 27.6 Å². The number of likely N-dealkylation sites (tertiary alicyclic amines) is 1. The SMILES string of the molecule is CCC(CC1CCN(CCNC(=O)C2(C(F)(F)F)CC2)CC1)C(=O)c1cccc(Br)c1. The maximum absolute atomic E-state index is 13.0. The molecule has 8 heteroatoms. The van der Waals surface area contributed by atoms with Crippen molar-refractivity contribution in [3.8, 4) is 0 Å². The van der Waals surface area contributed by atoms with Gasteiger partial charge in [-0.2, -0.15) is 13.2 Å². The predicted molar refractivity (Wildman–Crippen MR) is 117 cm³/mol. The van der Waals surface area contributed by atoms with Crippen LogP contribution in [0.4, 0.5) is 13.2 Å². The predicted octanol–water partition coefficient (Wildman–Crippen LogP) is 5.22. The molecule has 0 bridgehead atoms. The van der Waals surface area contributed by atoms with E-state index in [-0.39, 0.29) is 31.1 Å². The number of carbonyl (C=O) groups excluding carboxylic acids is 2. The van der Waals surface area contributed by atoms with Gasteiger partial charge in [0.15, 0.2) is 5.78 Å². The number of alkyl halides is 3. The van der Waals surface area contributed by atoms with E-state index >= 15 is 0 Å². The largest absolute Gasteiger partial charge is 0.403 e. The minimum atomic E-state index is -4.46. The summed E-state index contributed by atoms with van der Waals surface area (Å²) in [5.74, 6) is -0.228. The van der Waals surface area contributed by atoms with Crippen molar-refractivity contribution in [3.63, 3.8) is 0 Å². The van der Waals surface area contributed by atoms with Crippen LogP contribution in [0.25, 0.3) is 0 Å². The average Bonchev–Trinajstić information content (AvgIpc) is 3.55. The Bertz CT molecular complexity index is 787. The number of nitrogens with one attached hydrogen (secondary N) is 1. The fraction of sp³-hybridized carbons (Fsp3) is 0.652. The molecule has 2 aliphatic rings. The molecule has 1 aliphatic heterocycles. The molecule has 1 N–H and O–H groups in total. The maximum atomic E-state index is 13.0. The number of amides is 1. The molecule has 1 saturated heterocycles. The molecule has 1 aromatic rings. The summed E-state index contributed by atoms with van der Waals surface area (Å²) in [6, 6.07) is 7.51. The van der Waals surface area contributed by atoms with Crippen molar-refractivity contribution < 1.29 is 22.8 Å². The molecule has 0 spiro atoms. The Kier molecular flexibility index (Phi) is 7.84. The quantitative estimate of drug-likeness (QED) is 0.471. The average molecular weight is 503 g/mol. The number of rotatable bonds is 9. The molecule has 1 saturated carbocycles. The molecule has 1 atom stereocenters. The highest BCUT2D eigenvalue weighted by molar-refractivity contribution is 9.10. The molecule has 0 radical (unpaired) electrons. The van der Waals surface area contributed by atoms with E-state index in [0.717, 1.165) is 48.8 Å². The van der Waals surface area contributed by atoms with Crippen LogP contribution in [-0.2, 0) is 4.79 Å². The van der Waals surface area contributed by atoms with E-state index in [1.54, 1.807) is 0 Å². The summed E-state index contributed by atoms with van der Waals surface area (Å²) in [4.78, 5) is 27.0. The lowest BCUT2D eigenvalue weighted by molar-refractivity contribution is -0.192. The summed E-state index contributed by atoms with van der Waals surface area (Å²) in [6.45, 7) is 4.52. The van der Waals surface area contributed by atoms with Gasteiger partial charge in [-0.15, -0.1) is 0 Å². The fourth-order valence-corrected chi connectivity index (χ4v) is 4.84. The Morgan fingerprint density at radius 1 is 1.26 bits per heavy atom. The van der Waals surface area contributed by atoms with Crippen molar-refractivity contribution in [1.82, 2.24) is 10.2 Å². The zero-order chi connectivity index (χ0) is 22.6. The van der Waals surface area contributed by atoms with Crippen LogP contribution in [0.15, 0.2) is 28.7 Å². The molecule has 3 rings (SSSR count).